The van der Waals surface area contributed by atoms with Gasteiger partial charge in [-0.2, -0.15) is 0 Å². The van der Waals surface area contributed by atoms with Crippen LogP contribution in [0.2, 0.25) is 0 Å². The zero-order chi connectivity index (χ0) is 9.84. The van der Waals surface area contributed by atoms with Crippen LogP contribution in [0.5, 0.6) is 0 Å². The van der Waals surface area contributed by atoms with E-state index in [0.29, 0.717) is 0 Å². The molecule has 2 aliphatic heterocycles. The molecule has 72 valence electrons. The second-order valence-corrected chi connectivity index (χ2v) is 1.87. The van der Waals surface area contributed by atoms with Crippen LogP contribution in [0, 0.1) is 0 Å². The van der Waals surface area contributed by atoms with Crippen LogP contribution in [-0.4, -0.2) is 51.5 Å². The summed E-state index contributed by atoms with van der Waals surface area (Å²) in [6.45, 7) is 0. The van der Waals surface area contributed by atoms with Crippen molar-refractivity contribution in [2.24, 2.45) is 0 Å². The molecule has 2 saturated heterocycles. The molecule has 2 rings (SSSR count). The third-order valence-electron chi connectivity index (χ3n) is 1.13. The van der Waals surface area contributed by atoms with E-state index in [1.165, 1.54) is 0 Å². The average Bonchev–Trinajstić information content (AvgIpc) is 2.04. The van der Waals surface area contributed by atoms with E-state index >= 15 is 0 Å². The number of aliphatic hydroxyl groups excluding tert-OH is 1. The maximum Gasteiger partial charge on any atom is 1.00 e. The predicted octanol–water partition coefficient (Wildman–Crippen LogP) is -6.25. The van der Waals surface area contributed by atoms with Crippen LogP contribution >= 0.6 is 0 Å². The van der Waals surface area contributed by atoms with E-state index in [1.54, 1.807) is 0 Å². The molecular formula is CH7B4LiO8. The predicted molar refractivity (Wildman–Crippen MR) is 42.1 cm³/mol. The van der Waals surface area contributed by atoms with Crippen LogP contribution in [-0.2, 0) is 22.9 Å². The Hall–Kier alpha value is 0.537. The standard InChI is InChI=1S/CH4O.B4H2O7.Li.H/c1-2;5-1-7-3-9-2(6)10-4(8-1)11-3;;/h2H,1H3;5-6H;;/q;;+1;-1. The van der Waals surface area contributed by atoms with Gasteiger partial charge < -0.3 is 39.4 Å². The van der Waals surface area contributed by atoms with Gasteiger partial charge in [0.15, 0.2) is 0 Å². The zero-order valence-corrected chi connectivity index (χ0v) is 7.69. The molecule has 3 N–H and O–H groups in total. The Labute approximate surface area is 95.2 Å². The molecule has 0 saturated carbocycles. The first-order chi connectivity index (χ1) is 6.24. The van der Waals surface area contributed by atoms with E-state index in [9.17, 15) is 0 Å². The van der Waals surface area contributed by atoms with Gasteiger partial charge >= 0.3 is 48.1 Å². The third kappa shape index (κ3) is 3.96. The van der Waals surface area contributed by atoms with Crippen molar-refractivity contribution >= 4 is 29.3 Å². The molecule has 0 aromatic heterocycles. The van der Waals surface area contributed by atoms with Crippen LogP contribution < -0.4 is 18.9 Å². The van der Waals surface area contributed by atoms with E-state index < -0.39 is 29.3 Å². The maximum atomic E-state index is 8.74. The maximum absolute atomic E-state index is 8.74. The van der Waals surface area contributed by atoms with Crippen molar-refractivity contribution in [3.8, 4) is 0 Å². The smallest absolute Gasteiger partial charge is 1.00 e. The summed E-state index contributed by atoms with van der Waals surface area (Å²) in [5.74, 6) is 0. The van der Waals surface area contributed by atoms with Crippen molar-refractivity contribution in [2.75, 3.05) is 7.11 Å². The van der Waals surface area contributed by atoms with Crippen molar-refractivity contribution in [1.29, 1.82) is 0 Å². The fourth-order valence-corrected chi connectivity index (χ4v) is 0.728. The number of fused-ring (bicyclic) bond motifs is 2. The van der Waals surface area contributed by atoms with Crippen LogP contribution in [0.25, 0.3) is 0 Å². The first-order valence-electron chi connectivity index (χ1n) is 3.32. The summed E-state index contributed by atoms with van der Waals surface area (Å²) in [4.78, 5) is 0. The third-order valence-corrected chi connectivity index (χ3v) is 1.13. The minimum atomic E-state index is -1.45. The number of hydrogen-bond donors (Lipinski definition) is 3. The fraction of sp³-hybridized carbons (Fsp3) is 1.00. The molecule has 2 bridgehead atoms. The molecule has 0 aromatic rings. The van der Waals surface area contributed by atoms with Crippen molar-refractivity contribution in [2.45, 2.75) is 0 Å². The van der Waals surface area contributed by atoms with Crippen LogP contribution in [0.1, 0.15) is 1.43 Å². The molecule has 0 aromatic carbocycles. The largest absolute Gasteiger partial charge is 1.00 e. The zero-order valence-electron chi connectivity index (χ0n) is 8.69. The Balaban J connectivity index is 0. The molecule has 0 amide bonds. The number of rotatable bonds is 0. The monoisotopic (exact) mass is 198 g/mol. The Kier molecular flexibility index (Phi) is 7.18. The van der Waals surface area contributed by atoms with E-state index in [4.69, 9.17) is 15.2 Å². The van der Waals surface area contributed by atoms with E-state index in [2.05, 4.69) is 22.9 Å². The minimum Gasteiger partial charge on any atom is -1.00 e. The van der Waals surface area contributed by atoms with Crippen molar-refractivity contribution in [3.63, 3.8) is 0 Å². The van der Waals surface area contributed by atoms with Gasteiger partial charge in [-0.3, -0.25) is 0 Å². The summed E-state index contributed by atoms with van der Waals surface area (Å²) in [6.07, 6.45) is 0. The van der Waals surface area contributed by atoms with Gasteiger partial charge in [0.2, 0.25) is 0 Å². The van der Waals surface area contributed by atoms with Gasteiger partial charge in [-0.25, -0.2) is 0 Å². The van der Waals surface area contributed by atoms with Gasteiger partial charge in [-0.1, -0.05) is 0 Å². The van der Waals surface area contributed by atoms with E-state index in [0.717, 1.165) is 7.11 Å². The first-order valence-corrected chi connectivity index (χ1v) is 3.32. The van der Waals surface area contributed by atoms with E-state index in [1.807, 2.05) is 0 Å². The van der Waals surface area contributed by atoms with Crippen LogP contribution in [0.15, 0.2) is 0 Å². The first kappa shape index (κ1) is 14.5. The van der Waals surface area contributed by atoms with Crippen molar-refractivity contribution in [3.05, 3.63) is 0 Å². The number of aliphatic hydroxyl groups is 1. The van der Waals surface area contributed by atoms with Crippen LogP contribution in [0.3, 0.4) is 0 Å². The number of hydrogen-bond acceptors (Lipinski definition) is 8. The summed E-state index contributed by atoms with van der Waals surface area (Å²) in [5, 5.41) is 24.5. The molecule has 2 heterocycles. The molecule has 0 atom stereocenters. The Morgan fingerprint density at radius 1 is 0.786 bits per heavy atom. The van der Waals surface area contributed by atoms with Crippen molar-refractivity contribution < 1.29 is 58.3 Å². The van der Waals surface area contributed by atoms with Gasteiger partial charge in [0, 0.05) is 7.11 Å². The minimum absolute atomic E-state index is 0. The topological polar surface area (TPSA) is 107 Å². The molecule has 2 aliphatic rings. The Bertz CT molecular complexity index is 132. The summed E-state index contributed by atoms with van der Waals surface area (Å²) in [5.41, 5.74) is 0. The Morgan fingerprint density at radius 2 is 1.07 bits per heavy atom. The fourth-order valence-electron chi connectivity index (χ4n) is 0.728. The van der Waals surface area contributed by atoms with Crippen molar-refractivity contribution in [1.82, 2.24) is 0 Å². The molecular weight excluding hydrogens is 190 g/mol. The summed E-state index contributed by atoms with van der Waals surface area (Å²) < 4.78 is 22.6. The van der Waals surface area contributed by atoms with E-state index in [-0.39, 0.29) is 20.3 Å². The molecule has 13 heteroatoms. The van der Waals surface area contributed by atoms with Gasteiger partial charge in [0.1, 0.15) is 0 Å². The van der Waals surface area contributed by atoms with Gasteiger partial charge in [-0.15, -0.1) is 0 Å². The molecule has 0 unspecified atom stereocenters. The van der Waals surface area contributed by atoms with Gasteiger partial charge in [-0.05, 0) is 0 Å². The second kappa shape index (κ2) is 6.92. The molecule has 0 spiro atoms. The average molecular weight is 197 g/mol. The van der Waals surface area contributed by atoms with Gasteiger partial charge in [0.25, 0.3) is 0 Å². The normalized spacial score (nSPS) is 19.7. The summed E-state index contributed by atoms with van der Waals surface area (Å²) in [6, 6.07) is 0. The second-order valence-electron chi connectivity index (χ2n) is 1.87. The Morgan fingerprint density at radius 3 is 1.36 bits per heavy atom. The molecule has 8 nitrogen and oxygen atoms in total. The summed E-state index contributed by atoms with van der Waals surface area (Å²) in [7, 11) is -4.20. The summed E-state index contributed by atoms with van der Waals surface area (Å²) >= 11 is 0. The molecule has 0 radical (unpaired) electrons. The molecule has 0 aliphatic carbocycles. The molecule has 2 fully saturated rings. The quantitative estimate of drug-likeness (QED) is 0.329. The SMILES string of the molecule is CO.OB1OB2OB(O)OB(O1)O2.[H-].[Li+]. The van der Waals surface area contributed by atoms with Gasteiger partial charge in [0.05, 0.1) is 0 Å². The van der Waals surface area contributed by atoms with Crippen LogP contribution in [0.4, 0.5) is 0 Å². The molecule has 14 heavy (non-hydrogen) atoms.